The monoisotopic (exact) mass is 286 g/mol. The summed E-state index contributed by atoms with van der Waals surface area (Å²) >= 11 is 0. The van der Waals surface area contributed by atoms with Crippen LogP contribution in [0.15, 0.2) is 36.8 Å². The number of imidazole rings is 1. The van der Waals surface area contributed by atoms with E-state index in [9.17, 15) is 10.1 Å². The maximum atomic E-state index is 10.7. The molecule has 1 atom stereocenters. The second-order valence-electron chi connectivity index (χ2n) is 5.37. The molecular weight excluding hydrogens is 268 g/mol. The molecule has 1 fully saturated rings. The molecule has 1 aromatic heterocycles. The summed E-state index contributed by atoms with van der Waals surface area (Å²) < 4.78 is 2.12. The molecule has 0 aliphatic carbocycles. The lowest BCUT2D eigenvalue weighted by atomic mass is 10.0. The molecule has 21 heavy (non-hydrogen) atoms. The van der Waals surface area contributed by atoms with Gasteiger partial charge in [-0.15, -0.1) is 0 Å². The minimum Gasteiger partial charge on any atom is -0.329 e. The smallest absolute Gasteiger partial charge is 0.269 e. The van der Waals surface area contributed by atoms with Gasteiger partial charge in [-0.1, -0.05) is 18.6 Å². The van der Waals surface area contributed by atoms with Crippen molar-refractivity contribution in [1.82, 2.24) is 14.9 Å². The normalized spacial score (nSPS) is 18.6. The maximum Gasteiger partial charge on any atom is 0.269 e. The zero-order chi connectivity index (χ0) is 14.7. The van der Waals surface area contributed by atoms with Crippen molar-refractivity contribution in [2.24, 2.45) is 0 Å². The number of nitro benzene ring substituents is 1. The maximum absolute atomic E-state index is 10.7. The van der Waals surface area contributed by atoms with Crippen molar-refractivity contribution in [2.75, 3.05) is 6.54 Å². The van der Waals surface area contributed by atoms with Gasteiger partial charge in [-0.2, -0.15) is 0 Å². The highest BCUT2D eigenvalue weighted by atomic mass is 16.6. The molecule has 3 rings (SSSR count). The van der Waals surface area contributed by atoms with Gasteiger partial charge in [0.25, 0.3) is 5.69 Å². The van der Waals surface area contributed by atoms with E-state index < -0.39 is 0 Å². The minimum absolute atomic E-state index is 0.124. The SMILES string of the molecule is O=[N+]([O-])c1ccc(Cn2cncc2C2CCCCN2)cc1. The zero-order valence-electron chi connectivity index (χ0n) is 11.7. The molecule has 1 saturated heterocycles. The predicted molar refractivity (Wildman–Crippen MR) is 79.0 cm³/mol. The molecule has 0 radical (unpaired) electrons. The van der Waals surface area contributed by atoms with Crippen molar-refractivity contribution in [1.29, 1.82) is 0 Å². The Labute approximate surface area is 123 Å². The third-order valence-corrected chi connectivity index (χ3v) is 3.91. The van der Waals surface area contributed by atoms with E-state index in [0.717, 1.165) is 18.5 Å². The summed E-state index contributed by atoms with van der Waals surface area (Å²) in [5.74, 6) is 0. The van der Waals surface area contributed by atoms with Crippen LogP contribution in [-0.4, -0.2) is 21.0 Å². The van der Waals surface area contributed by atoms with Crippen molar-refractivity contribution in [2.45, 2.75) is 31.8 Å². The van der Waals surface area contributed by atoms with Crippen molar-refractivity contribution in [3.63, 3.8) is 0 Å². The van der Waals surface area contributed by atoms with Crippen LogP contribution in [0, 0.1) is 10.1 Å². The van der Waals surface area contributed by atoms with Gasteiger partial charge >= 0.3 is 0 Å². The molecule has 2 aromatic rings. The number of non-ortho nitro benzene ring substituents is 1. The van der Waals surface area contributed by atoms with Crippen LogP contribution in [0.1, 0.15) is 36.6 Å². The second kappa shape index (κ2) is 6.05. The van der Waals surface area contributed by atoms with Crippen LogP contribution in [0.2, 0.25) is 0 Å². The van der Waals surface area contributed by atoms with Gasteiger partial charge in [-0.3, -0.25) is 10.1 Å². The van der Waals surface area contributed by atoms with Gasteiger partial charge < -0.3 is 9.88 Å². The average Bonchev–Trinajstić information content (AvgIpc) is 2.97. The van der Waals surface area contributed by atoms with Crippen LogP contribution in [0.4, 0.5) is 5.69 Å². The summed E-state index contributed by atoms with van der Waals surface area (Å²) in [4.78, 5) is 14.5. The number of nitrogens with zero attached hydrogens (tertiary/aromatic N) is 3. The molecule has 1 N–H and O–H groups in total. The number of nitrogens with one attached hydrogen (secondary N) is 1. The summed E-state index contributed by atoms with van der Waals surface area (Å²) in [6.07, 6.45) is 7.33. The number of benzene rings is 1. The van der Waals surface area contributed by atoms with Crippen molar-refractivity contribution >= 4 is 5.69 Å². The Kier molecular flexibility index (Phi) is 3.96. The second-order valence-corrected chi connectivity index (χ2v) is 5.37. The van der Waals surface area contributed by atoms with E-state index in [1.54, 1.807) is 24.3 Å². The summed E-state index contributed by atoms with van der Waals surface area (Å²) in [5.41, 5.74) is 2.35. The Morgan fingerprint density at radius 3 is 2.81 bits per heavy atom. The van der Waals surface area contributed by atoms with Gasteiger partial charge in [-0.05, 0) is 24.9 Å². The zero-order valence-corrected chi connectivity index (χ0v) is 11.7. The molecule has 1 aliphatic heterocycles. The van der Waals surface area contributed by atoms with Crippen LogP contribution in [0.3, 0.4) is 0 Å². The Morgan fingerprint density at radius 1 is 1.33 bits per heavy atom. The predicted octanol–water partition coefficient (Wildman–Crippen LogP) is 2.65. The Balaban J connectivity index is 1.75. The molecule has 1 aromatic carbocycles. The number of nitro groups is 1. The third-order valence-electron chi connectivity index (χ3n) is 3.91. The van der Waals surface area contributed by atoms with E-state index in [0.29, 0.717) is 12.6 Å². The van der Waals surface area contributed by atoms with Crippen LogP contribution >= 0.6 is 0 Å². The first-order valence-electron chi connectivity index (χ1n) is 7.21. The van der Waals surface area contributed by atoms with Gasteiger partial charge in [-0.25, -0.2) is 4.98 Å². The Morgan fingerprint density at radius 2 is 2.14 bits per heavy atom. The highest BCUT2D eigenvalue weighted by molar-refractivity contribution is 5.33. The van der Waals surface area contributed by atoms with E-state index >= 15 is 0 Å². The van der Waals surface area contributed by atoms with Crippen LogP contribution in [-0.2, 0) is 6.54 Å². The van der Waals surface area contributed by atoms with Crippen molar-refractivity contribution in [3.8, 4) is 0 Å². The molecule has 1 unspecified atom stereocenters. The van der Waals surface area contributed by atoms with Crippen molar-refractivity contribution in [3.05, 3.63) is 58.2 Å². The molecular formula is C15H18N4O2. The largest absolute Gasteiger partial charge is 0.329 e. The first-order chi connectivity index (χ1) is 10.2. The number of hydrogen-bond acceptors (Lipinski definition) is 4. The first kappa shape index (κ1) is 13.8. The molecule has 0 spiro atoms. The van der Waals surface area contributed by atoms with E-state index in [2.05, 4.69) is 14.9 Å². The molecule has 0 saturated carbocycles. The number of rotatable bonds is 4. The van der Waals surface area contributed by atoms with Gasteiger partial charge in [0.1, 0.15) is 0 Å². The minimum atomic E-state index is -0.377. The van der Waals surface area contributed by atoms with E-state index in [-0.39, 0.29) is 10.6 Å². The molecule has 2 heterocycles. The van der Waals surface area contributed by atoms with Gasteiger partial charge in [0.2, 0.25) is 0 Å². The molecule has 110 valence electrons. The summed E-state index contributed by atoms with van der Waals surface area (Å²) in [5, 5.41) is 14.2. The first-order valence-corrected chi connectivity index (χ1v) is 7.21. The molecule has 6 nitrogen and oxygen atoms in total. The molecule has 0 amide bonds. The molecule has 6 heteroatoms. The standard InChI is InChI=1S/C15H18N4O2/c20-19(21)13-6-4-12(5-7-13)10-18-11-16-9-15(18)14-3-1-2-8-17-14/h4-7,9,11,14,17H,1-3,8,10H2. The highest BCUT2D eigenvalue weighted by Crippen LogP contribution is 2.23. The lowest BCUT2D eigenvalue weighted by Gasteiger charge is -2.24. The fraction of sp³-hybridized carbons (Fsp3) is 0.400. The third kappa shape index (κ3) is 3.11. The topological polar surface area (TPSA) is 73.0 Å². The summed E-state index contributed by atoms with van der Waals surface area (Å²) in [6, 6.07) is 7.06. The fourth-order valence-electron chi connectivity index (χ4n) is 2.78. The van der Waals surface area contributed by atoms with Crippen LogP contribution in [0.5, 0.6) is 0 Å². The summed E-state index contributed by atoms with van der Waals surface area (Å²) in [6.45, 7) is 1.74. The lowest BCUT2D eigenvalue weighted by molar-refractivity contribution is -0.384. The Hall–Kier alpha value is -2.21. The summed E-state index contributed by atoms with van der Waals surface area (Å²) in [7, 11) is 0. The van der Waals surface area contributed by atoms with Crippen molar-refractivity contribution < 1.29 is 4.92 Å². The van der Waals surface area contributed by atoms with E-state index in [4.69, 9.17) is 0 Å². The average molecular weight is 286 g/mol. The fourth-order valence-corrected chi connectivity index (χ4v) is 2.78. The van der Waals surface area contributed by atoms with Gasteiger partial charge in [0.05, 0.1) is 16.9 Å². The number of aromatic nitrogens is 2. The molecule has 0 bridgehead atoms. The quantitative estimate of drug-likeness (QED) is 0.692. The van der Waals surface area contributed by atoms with Gasteiger partial charge in [0, 0.05) is 30.9 Å². The van der Waals surface area contributed by atoms with E-state index in [1.165, 1.54) is 18.5 Å². The molecule has 1 aliphatic rings. The number of piperidine rings is 1. The van der Waals surface area contributed by atoms with Crippen LogP contribution in [0.25, 0.3) is 0 Å². The number of hydrogen-bond donors (Lipinski definition) is 1. The van der Waals surface area contributed by atoms with Gasteiger partial charge in [0.15, 0.2) is 0 Å². The highest BCUT2D eigenvalue weighted by Gasteiger charge is 2.18. The Bertz CT molecular complexity index is 615. The van der Waals surface area contributed by atoms with Crippen LogP contribution < -0.4 is 5.32 Å². The van der Waals surface area contributed by atoms with E-state index in [1.807, 2.05) is 12.5 Å². The lowest BCUT2D eigenvalue weighted by Crippen LogP contribution is -2.28.